The molecule has 0 saturated carbocycles. The van der Waals surface area contributed by atoms with E-state index in [1.54, 1.807) is 17.2 Å². The predicted molar refractivity (Wildman–Crippen MR) is 109 cm³/mol. The molecule has 3 heterocycles. The van der Waals surface area contributed by atoms with Crippen molar-refractivity contribution in [3.05, 3.63) is 54.2 Å². The Morgan fingerprint density at radius 1 is 1.34 bits per heavy atom. The second kappa shape index (κ2) is 8.11. The molecule has 0 bridgehead atoms. The average Bonchev–Trinajstić information content (AvgIpc) is 3.46. The van der Waals surface area contributed by atoms with Crippen LogP contribution >= 0.6 is 0 Å². The first-order valence-electron chi connectivity index (χ1n) is 10.1. The summed E-state index contributed by atoms with van der Waals surface area (Å²) in [6.45, 7) is 4.99. The highest BCUT2D eigenvalue weighted by Gasteiger charge is 2.36. The van der Waals surface area contributed by atoms with Crippen molar-refractivity contribution in [2.75, 3.05) is 6.54 Å². The molecule has 29 heavy (non-hydrogen) atoms. The number of nitrogens with one attached hydrogen (secondary N) is 2. The average molecular weight is 394 g/mol. The number of H-pyrrole nitrogens is 1. The Morgan fingerprint density at radius 2 is 2.17 bits per heavy atom. The number of furan rings is 1. The van der Waals surface area contributed by atoms with Gasteiger partial charge in [0.05, 0.1) is 35.8 Å². The lowest BCUT2D eigenvalue weighted by Crippen LogP contribution is -2.38. The number of aromatic nitrogens is 2. The fourth-order valence-electron chi connectivity index (χ4n) is 3.80. The first-order chi connectivity index (χ1) is 14.0. The lowest BCUT2D eigenvalue weighted by Gasteiger charge is -2.24. The van der Waals surface area contributed by atoms with Gasteiger partial charge < -0.3 is 19.6 Å². The summed E-state index contributed by atoms with van der Waals surface area (Å²) < 4.78 is 5.33. The second-order valence-electron chi connectivity index (χ2n) is 7.77. The zero-order valence-electron chi connectivity index (χ0n) is 16.7. The number of amides is 2. The number of benzene rings is 1. The van der Waals surface area contributed by atoms with Gasteiger partial charge in [-0.2, -0.15) is 0 Å². The van der Waals surface area contributed by atoms with Crippen LogP contribution in [0.15, 0.2) is 47.1 Å². The van der Waals surface area contributed by atoms with Crippen LogP contribution in [0.5, 0.6) is 0 Å². The molecule has 1 saturated heterocycles. The molecule has 4 rings (SSSR count). The Labute approximate surface area is 169 Å². The van der Waals surface area contributed by atoms with Crippen molar-refractivity contribution in [2.45, 2.75) is 39.3 Å². The van der Waals surface area contributed by atoms with Crippen molar-refractivity contribution >= 4 is 22.8 Å². The van der Waals surface area contributed by atoms with Gasteiger partial charge in [0, 0.05) is 13.0 Å². The third-order valence-corrected chi connectivity index (χ3v) is 5.73. The van der Waals surface area contributed by atoms with Crippen molar-refractivity contribution in [1.82, 2.24) is 20.2 Å². The number of carbonyl (C=O) groups excluding carboxylic acids is 2. The lowest BCUT2D eigenvalue weighted by atomic mass is 9.97. The highest BCUT2D eigenvalue weighted by Crippen LogP contribution is 2.27. The van der Waals surface area contributed by atoms with Crippen LogP contribution < -0.4 is 5.32 Å². The molecular weight excluding hydrogens is 368 g/mol. The SMILES string of the molecule is CC[C@H](C)[C@H](NC(=O)C1CC(=O)N(Cc2ccco2)C1)c1nc2ccccc2[nH]1. The highest BCUT2D eigenvalue weighted by molar-refractivity contribution is 5.89. The Balaban J connectivity index is 1.47. The molecule has 1 aromatic carbocycles. The summed E-state index contributed by atoms with van der Waals surface area (Å²) in [5.74, 6) is 1.19. The monoisotopic (exact) mass is 394 g/mol. The van der Waals surface area contributed by atoms with E-state index in [1.807, 2.05) is 30.3 Å². The van der Waals surface area contributed by atoms with Crippen LogP contribution in [-0.2, 0) is 16.1 Å². The van der Waals surface area contributed by atoms with Crippen LogP contribution in [0.4, 0.5) is 0 Å². The van der Waals surface area contributed by atoms with E-state index in [2.05, 4.69) is 29.1 Å². The van der Waals surface area contributed by atoms with Gasteiger partial charge in [-0.05, 0) is 30.2 Å². The summed E-state index contributed by atoms with van der Waals surface area (Å²) in [5.41, 5.74) is 1.83. The number of imidazole rings is 1. The molecule has 2 amide bonds. The molecule has 3 atom stereocenters. The minimum absolute atomic E-state index is 0.0228. The van der Waals surface area contributed by atoms with Gasteiger partial charge in [0.1, 0.15) is 11.6 Å². The van der Waals surface area contributed by atoms with Crippen LogP contribution in [0.1, 0.15) is 44.3 Å². The maximum absolute atomic E-state index is 13.0. The normalized spacial score (nSPS) is 18.9. The maximum Gasteiger partial charge on any atom is 0.226 e. The Hall–Kier alpha value is -3.09. The summed E-state index contributed by atoms with van der Waals surface area (Å²) in [4.78, 5) is 35.1. The summed E-state index contributed by atoms with van der Waals surface area (Å²) in [5, 5.41) is 3.15. The van der Waals surface area contributed by atoms with Crippen molar-refractivity contribution in [2.24, 2.45) is 11.8 Å². The summed E-state index contributed by atoms with van der Waals surface area (Å²) in [7, 11) is 0. The van der Waals surface area contributed by atoms with Crippen LogP contribution in [0.25, 0.3) is 11.0 Å². The van der Waals surface area contributed by atoms with E-state index >= 15 is 0 Å². The molecule has 0 aliphatic carbocycles. The zero-order chi connectivity index (χ0) is 20.4. The topological polar surface area (TPSA) is 91.2 Å². The number of hydrogen-bond donors (Lipinski definition) is 2. The maximum atomic E-state index is 13.0. The van der Waals surface area contributed by atoms with Gasteiger partial charge in [-0.25, -0.2) is 4.98 Å². The smallest absolute Gasteiger partial charge is 0.226 e. The van der Waals surface area contributed by atoms with Crippen LogP contribution in [0, 0.1) is 11.8 Å². The molecule has 1 aliphatic rings. The Kier molecular flexibility index (Phi) is 5.38. The first-order valence-corrected chi connectivity index (χ1v) is 10.1. The molecule has 2 aromatic heterocycles. The minimum atomic E-state index is -0.367. The second-order valence-corrected chi connectivity index (χ2v) is 7.77. The van der Waals surface area contributed by atoms with Crippen LogP contribution in [-0.4, -0.2) is 33.2 Å². The van der Waals surface area contributed by atoms with Crippen molar-refractivity contribution in [3.8, 4) is 0 Å². The van der Waals surface area contributed by atoms with Gasteiger partial charge in [-0.1, -0.05) is 32.4 Å². The minimum Gasteiger partial charge on any atom is -0.467 e. The summed E-state index contributed by atoms with van der Waals surface area (Å²) in [6, 6.07) is 11.2. The van der Waals surface area contributed by atoms with E-state index in [0.29, 0.717) is 13.1 Å². The predicted octanol–water partition coefficient (Wildman–Crippen LogP) is 3.41. The fourth-order valence-corrected chi connectivity index (χ4v) is 3.80. The molecule has 0 spiro atoms. The van der Waals surface area contributed by atoms with Crippen LogP contribution in [0.2, 0.25) is 0 Å². The number of aromatic amines is 1. The van der Waals surface area contributed by atoms with Gasteiger partial charge in [0.2, 0.25) is 11.8 Å². The molecule has 7 nitrogen and oxygen atoms in total. The Morgan fingerprint density at radius 3 is 2.90 bits per heavy atom. The molecule has 1 fully saturated rings. The summed E-state index contributed by atoms with van der Waals surface area (Å²) >= 11 is 0. The molecular formula is C22H26N4O3. The molecule has 7 heteroatoms. The number of likely N-dealkylation sites (tertiary alicyclic amines) is 1. The molecule has 3 aromatic rings. The van der Waals surface area contributed by atoms with Crippen molar-refractivity contribution in [1.29, 1.82) is 0 Å². The van der Waals surface area contributed by atoms with Crippen molar-refractivity contribution in [3.63, 3.8) is 0 Å². The number of carbonyl (C=O) groups is 2. The largest absolute Gasteiger partial charge is 0.467 e. The van der Waals surface area contributed by atoms with Gasteiger partial charge in [-0.15, -0.1) is 0 Å². The number of fused-ring (bicyclic) bond motifs is 1. The molecule has 2 N–H and O–H groups in total. The molecule has 1 unspecified atom stereocenters. The number of hydrogen-bond acceptors (Lipinski definition) is 4. The standard InChI is InChI=1S/C22H26N4O3/c1-3-14(2)20(21-23-17-8-4-5-9-18(17)24-21)25-22(28)15-11-19(27)26(12-15)13-16-7-6-10-29-16/h4-10,14-15,20H,3,11-13H2,1-2H3,(H,23,24)(H,25,28)/t14-,15?,20-/m0/s1. The van der Waals surface area contributed by atoms with Gasteiger partial charge in [0.15, 0.2) is 0 Å². The van der Waals surface area contributed by atoms with E-state index in [0.717, 1.165) is 29.0 Å². The van der Waals surface area contributed by atoms with E-state index in [4.69, 9.17) is 4.42 Å². The third kappa shape index (κ3) is 4.04. The number of para-hydroxylation sites is 2. The molecule has 0 radical (unpaired) electrons. The van der Waals surface area contributed by atoms with Crippen molar-refractivity contribution < 1.29 is 14.0 Å². The van der Waals surface area contributed by atoms with Gasteiger partial charge >= 0.3 is 0 Å². The van der Waals surface area contributed by atoms with E-state index < -0.39 is 0 Å². The number of rotatable bonds is 7. The Bertz CT molecular complexity index is 962. The third-order valence-electron chi connectivity index (χ3n) is 5.73. The lowest BCUT2D eigenvalue weighted by molar-refractivity contribution is -0.129. The summed E-state index contributed by atoms with van der Waals surface area (Å²) in [6.07, 6.45) is 2.71. The van der Waals surface area contributed by atoms with E-state index in [-0.39, 0.29) is 36.1 Å². The van der Waals surface area contributed by atoms with E-state index in [9.17, 15) is 9.59 Å². The number of nitrogens with zero attached hydrogens (tertiary/aromatic N) is 2. The molecule has 152 valence electrons. The molecule has 1 aliphatic heterocycles. The van der Waals surface area contributed by atoms with E-state index in [1.165, 1.54) is 0 Å². The highest BCUT2D eigenvalue weighted by atomic mass is 16.3. The quantitative estimate of drug-likeness (QED) is 0.642. The fraction of sp³-hybridized carbons (Fsp3) is 0.409. The van der Waals surface area contributed by atoms with Gasteiger partial charge in [-0.3, -0.25) is 9.59 Å². The van der Waals surface area contributed by atoms with Gasteiger partial charge in [0.25, 0.3) is 0 Å². The van der Waals surface area contributed by atoms with Crippen LogP contribution in [0.3, 0.4) is 0 Å². The first kappa shape index (κ1) is 19.2. The zero-order valence-corrected chi connectivity index (χ0v) is 16.7.